The molecule has 32 heavy (non-hydrogen) atoms. The maximum absolute atomic E-state index is 13.1. The Bertz CT molecular complexity index is 1090. The highest BCUT2D eigenvalue weighted by molar-refractivity contribution is 7.10. The second-order valence-electron chi connectivity index (χ2n) is 6.81. The molecule has 0 radical (unpaired) electrons. The number of anilines is 1. The van der Waals surface area contributed by atoms with Crippen molar-refractivity contribution in [1.82, 2.24) is 5.32 Å². The number of carbonyl (C=O) groups is 2. The highest BCUT2D eigenvalue weighted by Crippen LogP contribution is 2.34. The summed E-state index contributed by atoms with van der Waals surface area (Å²) in [5.41, 5.74) is 0.256. The predicted octanol–water partition coefficient (Wildman–Crippen LogP) is 4.83. The van der Waals surface area contributed by atoms with Crippen LogP contribution in [0.3, 0.4) is 0 Å². The third-order valence-electron chi connectivity index (χ3n) is 4.69. The molecule has 8 heteroatoms. The van der Waals surface area contributed by atoms with Crippen LogP contribution >= 0.6 is 11.3 Å². The van der Waals surface area contributed by atoms with E-state index in [1.54, 1.807) is 17.5 Å². The first kappa shape index (κ1) is 23.1. The van der Waals surface area contributed by atoms with Crippen molar-refractivity contribution in [3.05, 3.63) is 88.1 Å². The Morgan fingerprint density at radius 2 is 1.72 bits per heavy atom. The molecule has 1 N–H and O–H groups in total. The van der Waals surface area contributed by atoms with Crippen LogP contribution in [0, 0.1) is 12.3 Å². The van der Waals surface area contributed by atoms with E-state index in [2.05, 4.69) is 5.32 Å². The number of nitrogens with zero attached hydrogens (tertiary/aromatic N) is 1. The number of terminal acetylenes is 1. The van der Waals surface area contributed by atoms with E-state index in [1.165, 1.54) is 11.3 Å². The van der Waals surface area contributed by atoms with Crippen LogP contribution < -0.4 is 10.2 Å². The fourth-order valence-corrected chi connectivity index (χ4v) is 3.97. The summed E-state index contributed by atoms with van der Waals surface area (Å²) in [5.74, 6) is 0.665. The number of carbonyl (C=O) groups excluding carboxylic acids is 2. The first-order chi connectivity index (χ1) is 15.3. The minimum absolute atomic E-state index is 0.0950. The van der Waals surface area contributed by atoms with Crippen molar-refractivity contribution in [2.75, 3.05) is 11.4 Å². The second kappa shape index (κ2) is 10.2. The smallest absolute Gasteiger partial charge is 0.354 e. The molecule has 0 fully saturated rings. The van der Waals surface area contributed by atoms with Gasteiger partial charge in [-0.1, -0.05) is 36.4 Å². The summed E-state index contributed by atoms with van der Waals surface area (Å²) in [4.78, 5) is 27.3. The quantitative estimate of drug-likeness (QED) is 0.518. The van der Waals surface area contributed by atoms with Gasteiger partial charge >= 0.3 is 12.1 Å². The minimum atomic E-state index is -4.53. The van der Waals surface area contributed by atoms with Crippen molar-refractivity contribution in [3.63, 3.8) is 0 Å². The van der Waals surface area contributed by atoms with E-state index in [0.29, 0.717) is 17.8 Å². The van der Waals surface area contributed by atoms with Crippen molar-refractivity contribution >= 4 is 28.8 Å². The average Bonchev–Trinajstić information content (AvgIpc) is 3.31. The largest absolute Gasteiger partial charge is 0.416 e. The molecule has 0 bridgehead atoms. The van der Waals surface area contributed by atoms with Crippen LogP contribution in [0.4, 0.5) is 18.9 Å². The van der Waals surface area contributed by atoms with Crippen molar-refractivity contribution < 1.29 is 22.8 Å². The third-order valence-corrected chi connectivity index (χ3v) is 5.61. The molecular formula is C24H19F3N2O2S. The van der Waals surface area contributed by atoms with Gasteiger partial charge in [0.2, 0.25) is 5.91 Å². The molecule has 0 saturated heterocycles. The number of alkyl halides is 3. The zero-order valence-corrected chi connectivity index (χ0v) is 17.6. The van der Waals surface area contributed by atoms with E-state index >= 15 is 0 Å². The summed E-state index contributed by atoms with van der Waals surface area (Å²) in [5, 5.41) is 4.55. The molecular weight excluding hydrogens is 437 g/mol. The molecule has 1 unspecified atom stereocenters. The Hall–Kier alpha value is -3.57. The molecule has 2 aromatic carbocycles. The van der Waals surface area contributed by atoms with Gasteiger partial charge in [0.1, 0.15) is 0 Å². The van der Waals surface area contributed by atoms with Crippen molar-refractivity contribution in [1.29, 1.82) is 0 Å². The summed E-state index contributed by atoms with van der Waals surface area (Å²) in [6, 6.07) is 15.8. The average molecular weight is 456 g/mol. The number of hydrogen-bond acceptors (Lipinski definition) is 3. The summed E-state index contributed by atoms with van der Waals surface area (Å²) >= 11 is 1.24. The van der Waals surface area contributed by atoms with Gasteiger partial charge < -0.3 is 5.32 Å². The van der Waals surface area contributed by atoms with Gasteiger partial charge in [0.05, 0.1) is 5.56 Å². The van der Waals surface area contributed by atoms with Gasteiger partial charge in [0, 0.05) is 17.1 Å². The van der Waals surface area contributed by atoms with Crippen LogP contribution in [0.1, 0.15) is 22.0 Å². The molecule has 0 saturated carbocycles. The monoisotopic (exact) mass is 456 g/mol. The fourth-order valence-electron chi connectivity index (χ4n) is 3.16. The zero-order valence-electron chi connectivity index (χ0n) is 16.8. The number of amides is 2. The Balaban J connectivity index is 1.89. The molecule has 2 amide bonds. The van der Waals surface area contributed by atoms with Crippen molar-refractivity contribution in [2.24, 2.45) is 0 Å². The zero-order chi connectivity index (χ0) is 23.1. The lowest BCUT2D eigenvalue weighted by Crippen LogP contribution is -2.43. The topological polar surface area (TPSA) is 49.4 Å². The van der Waals surface area contributed by atoms with E-state index in [0.717, 1.165) is 34.7 Å². The Morgan fingerprint density at radius 3 is 2.28 bits per heavy atom. The molecule has 3 rings (SSSR count). The van der Waals surface area contributed by atoms with Crippen LogP contribution in [0.5, 0.6) is 0 Å². The van der Waals surface area contributed by atoms with Crippen LogP contribution in [-0.2, 0) is 22.2 Å². The van der Waals surface area contributed by atoms with E-state index in [1.807, 2.05) is 36.3 Å². The lowest BCUT2D eigenvalue weighted by molar-refractivity contribution is -0.137. The third kappa shape index (κ3) is 5.56. The molecule has 0 spiro atoms. The van der Waals surface area contributed by atoms with E-state index in [9.17, 15) is 22.8 Å². The molecule has 1 aromatic heterocycles. The molecule has 164 valence electrons. The molecule has 0 aliphatic heterocycles. The second-order valence-corrected chi connectivity index (χ2v) is 7.79. The first-order valence-corrected chi connectivity index (χ1v) is 10.5. The standard InChI is InChI=1S/C24H19F3N2O2S/c1-2-21(30)29(19-12-10-18(11-13-19)24(25,26)27)22(20-9-6-16-32-20)23(31)28-15-14-17-7-4-3-5-8-17/h1,3-13,16,22H,14-15H2,(H,28,31). The normalized spacial score (nSPS) is 11.9. The summed E-state index contributed by atoms with van der Waals surface area (Å²) < 4.78 is 38.9. The lowest BCUT2D eigenvalue weighted by atomic mass is 10.1. The molecule has 1 atom stereocenters. The summed E-state index contributed by atoms with van der Waals surface area (Å²) in [6.07, 6.45) is 1.38. The number of rotatable bonds is 7. The highest BCUT2D eigenvalue weighted by atomic mass is 32.1. The number of hydrogen-bond donors (Lipinski definition) is 1. The predicted molar refractivity (Wildman–Crippen MR) is 118 cm³/mol. The Labute approximate surface area is 187 Å². The molecule has 4 nitrogen and oxygen atoms in total. The van der Waals surface area contributed by atoms with Crippen LogP contribution in [-0.4, -0.2) is 18.4 Å². The highest BCUT2D eigenvalue weighted by Gasteiger charge is 2.34. The lowest BCUT2D eigenvalue weighted by Gasteiger charge is -2.29. The van der Waals surface area contributed by atoms with Gasteiger partial charge in [-0.3, -0.25) is 14.5 Å². The summed E-state index contributed by atoms with van der Waals surface area (Å²) in [6.45, 7) is 0.315. The van der Waals surface area contributed by atoms with E-state index < -0.39 is 29.6 Å². The maximum atomic E-state index is 13.1. The van der Waals surface area contributed by atoms with Gasteiger partial charge in [0.15, 0.2) is 6.04 Å². The summed E-state index contributed by atoms with van der Waals surface area (Å²) in [7, 11) is 0. The van der Waals surface area contributed by atoms with Gasteiger partial charge in [-0.15, -0.1) is 17.8 Å². The Morgan fingerprint density at radius 1 is 1.03 bits per heavy atom. The molecule has 0 aliphatic carbocycles. The van der Waals surface area contributed by atoms with Crippen molar-refractivity contribution in [3.8, 4) is 12.3 Å². The van der Waals surface area contributed by atoms with Gasteiger partial charge in [-0.2, -0.15) is 13.2 Å². The van der Waals surface area contributed by atoms with Crippen LogP contribution in [0.15, 0.2) is 72.1 Å². The van der Waals surface area contributed by atoms with Crippen LogP contribution in [0.25, 0.3) is 0 Å². The minimum Gasteiger partial charge on any atom is -0.354 e. The Kier molecular flexibility index (Phi) is 7.33. The number of halogens is 3. The van der Waals surface area contributed by atoms with Gasteiger partial charge in [0.25, 0.3) is 0 Å². The van der Waals surface area contributed by atoms with Gasteiger partial charge in [-0.25, -0.2) is 0 Å². The number of thiophene rings is 1. The molecule has 1 heterocycles. The maximum Gasteiger partial charge on any atom is 0.416 e. The van der Waals surface area contributed by atoms with E-state index in [-0.39, 0.29) is 5.69 Å². The first-order valence-electron chi connectivity index (χ1n) is 9.63. The molecule has 3 aromatic rings. The molecule has 0 aliphatic rings. The van der Waals surface area contributed by atoms with E-state index in [4.69, 9.17) is 6.42 Å². The SMILES string of the molecule is C#CC(=O)N(c1ccc(C(F)(F)F)cc1)C(C(=O)NCCc1ccccc1)c1cccs1. The van der Waals surface area contributed by atoms with Gasteiger partial charge in [-0.05, 0) is 53.6 Å². The fraction of sp³-hybridized carbons (Fsp3) is 0.167. The number of benzene rings is 2. The number of nitrogens with one attached hydrogen (secondary N) is 1. The van der Waals surface area contributed by atoms with Crippen molar-refractivity contribution in [2.45, 2.75) is 18.6 Å². The van der Waals surface area contributed by atoms with Crippen LogP contribution in [0.2, 0.25) is 0 Å².